The van der Waals surface area contributed by atoms with Crippen molar-refractivity contribution in [3.8, 4) is 5.75 Å². The van der Waals surface area contributed by atoms with E-state index in [1.54, 1.807) is 0 Å². The zero-order valence-electron chi connectivity index (χ0n) is 11.6. The molecule has 4 heteroatoms. The number of nitrogens with one attached hydrogen (secondary N) is 1. The molecule has 2 N–H and O–H groups in total. The zero-order chi connectivity index (χ0) is 13.9. The molecule has 1 heterocycles. The average Bonchev–Trinajstić information content (AvgIpc) is 2.76. The number of rotatable bonds is 6. The summed E-state index contributed by atoms with van der Waals surface area (Å²) in [4.78, 5) is 0. The van der Waals surface area contributed by atoms with Crippen molar-refractivity contribution in [3.63, 3.8) is 0 Å². The first-order valence-corrected chi connectivity index (χ1v) is 7.68. The summed E-state index contributed by atoms with van der Waals surface area (Å²) in [6.45, 7) is 6.49. The second-order valence-electron chi connectivity index (χ2n) is 5.43. The normalized spacial score (nSPS) is 16.8. The molecule has 1 aliphatic rings. The van der Waals surface area contributed by atoms with Gasteiger partial charge in [0.25, 0.3) is 0 Å². The second-order valence-corrected chi connectivity index (χ2v) is 6.34. The van der Waals surface area contributed by atoms with E-state index in [2.05, 4.69) is 40.3 Å². The van der Waals surface area contributed by atoms with E-state index < -0.39 is 5.60 Å². The number of halogens is 1. The van der Waals surface area contributed by atoms with Crippen LogP contribution >= 0.6 is 15.9 Å². The van der Waals surface area contributed by atoms with Crippen LogP contribution in [-0.2, 0) is 12.8 Å². The lowest BCUT2D eigenvalue weighted by Gasteiger charge is -2.24. The minimum atomic E-state index is -0.706. The molecule has 0 aliphatic carbocycles. The Morgan fingerprint density at radius 1 is 1.47 bits per heavy atom. The summed E-state index contributed by atoms with van der Waals surface area (Å²) in [6.07, 6.45) is 2.32. The van der Waals surface area contributed by atoms with Crippen molar-refractivity contribution in [2.24, 2.45) is 0 Å². The Bertz CT molecular complexity index is 446. The highest BCUT2D eigenvalue weighted by Gasteiger charge is 2.25. The van der Waals surface area contributed by atoms with Gasteiger partial charge in [-0.15, -0.1) is 0 Å². The topological polar surface area (TPSA) is 41.5 Å². The Balaban J connectivity index is 2.10. The molecule has 0 aromatic heterocycles. The molecule has 0 radical (unpaired) electrons. The lowest BCUT2D eigenvalue weighted by atomic mass is 9.91. The van der Waals surface area contributed by atoms with E-state index in [-0.39, 0.29) is 0 Å². The molecule has 1 aliphatic heterocycles. The molecule has 0 amide bonds. The minimum Gasteiger partial charge on any atom is -0.493 e. The lowest BCUT2D eigenvalue weighted by molar-refractivity contribution is 0.0510. The predicted octanol–water partition coefficient (Wildman–Crippen LogP) is 2.68. The summed E-state index contributed by atoms with van der Waals surface area (Å²) in [7, 11) is 0. The second kappa shape index (κ2) is 6.25. The smallest absolute Gasteiger partial charge is 0.125 e. The first kappa shape index (κ1) is 14.8. The number of ether oxygens (including phenoxy) is 1. The van der Waals surface area contributed by atoms with Gasteiger partial charge in [0.15, 0.2) is 0 Å². The first-order chi connectivity index (χ1) is 9.02. The molecule has 1 aromatic carbocycles. The highest BCUT2D eigenvalue weighted by Crippen LogP contribution is 2.35. The van der Waals surface area contributed by atoms with Gasteiger partial charge >= 0.3 is 0 Å². The highest BCUT2D eigenvalue weighted by atomic mass is 79.9. The van der Waals surface area contributed by atoms with Crippen molar-refractivity contribution in [1.82, 2.24) is 5.32 Å². The van der Waals surface area contributed by atoms with E-state index in [1.165, 1.54) is 5.56 Å². The number of hydrogen-bond donors (Lipinski definition) is 2. The van der Waals surface area contributed by atoms with Crippen molar-refractivity contribution in [3.05, 3.63) is 27.7 Å². The van der Waals surface area contributed by atoms with E-state index in [0.717, 1.165) is 48.3 Å². The van der Waals surface area contributed by atoms with Crippen molar-refractivity contribution >= 4 is 15.9 Å². The van der Waals surface area contributed by atoms with Crippen LogP contribution in [-0.4, -0.2) is 30.4 Å². The van der Waals surface area contributed by atoms with Gasteiger partial charge in [0, 0.05) is 17.3 Å². The summed E-state index contributed by atoms with van der Waals surface area (Å²) in [5.41, 5.74) is 1.64. The molecule has 0 bridgehead atoms. The van der Waals surface area contributed by atoms with Crippen LogP contribution in [0.2, 0.25) is 0 Å². The standard InChI is InChI=1S/C15H22BrNO2/c1-3-17-6-5-15(2,18)10-12-9-13(16)8-11-4-7-19-14(11)12/h8-9,17-18H,3-7,10H2,1-2H3. The predicted molar refractivity (Wildman–Crippen MR) is 80.8 cm³/mol. The van der Waals surface area contributed by atoms with Gasteiger partial charge < -0.3 is 15.2 Å². The Morgan fingerprint density at radius 3 is 3.00 bits per heavy atom. The molecule has 106 valence electrons. The Labute approximate surface area is 123 Å². The Morgan fingerprint density at radius 2 is 2.26 bits per heavy atom. The van der Waals surface area contributed by atoms with Crippen LogP contribution in [0.25, 0.3) is 0 Å². The zero-order valence-corrected chi connectivity index (χ0v) is 13.2. The molecule has 1 aromatic rings. The summed E-state index contributed by atoms with van der Waals surface area (Å²) >= 11 is 3.54. The minimum absolute atomic E-state index is 0.625. The van der Waals surface area contributed by atoms with Crippen LogP contribution < -0.4 is 10.1 Å². The maximum atomic E-state index is 10.5. The molecule has 1 unspecified atom stereocenters. The van der Waals surface area contributed by atoms with Gasteiger partial charge in [-0.3, -0.25) is 0 Å². The van der Waals surface area contributed by atoms with E-state index in [4.69, 9.17) is 4.74 Å². The van der Waals surface area contributed by atoms with Gasteiger partial charge in [-0.1, -0.05) is 22.9 Å². The fraction of sp³-hybridized carbons (Fsp3) is 0.600. The van der Waals surface area contributed by atoms with Gasteiger partial charge in [-0.2, -0.15) is 0 Å². The third-order valence-electron chi connectivity index (χ3n) is 3.49. The Kier molecular flexibility index (Phi) is 4.87. The van der Waals surface area contributed by atoms with Crippen molar-refractivity contribution < 1.29 is 9.84 Å². The number of hydrogen-bond acceptors (Lipinski definition) is 3. The molecule has 1 atom stereocenters. The molecule has 0 spiro atoms. The van der Waals surface area contributed by atoms with E-state index in [0.29, 0.717) is 6.42 Å². The van der Waals surface area contributed by atoms with Crippen molar-refractivity contribution in [2.45, 2.75) is 38.7 Å². The van der Waals surface area contributed by atoms with Gasteiger partial charge in [-0.25, -0.2) is 0 Å². The summed E-state index contributed by atoms with van der Waals surface area (Å²) < 4.78 is 6.77. The van der Waals surface area contributed by atoms with Crippen molar-refractivity contribution in [2.75, 3.05) is 19.7 Å². The van der Waals surface area contributed by atoms with E-state index in [1.807, 2.05) is 6.92 Å². The van der Waals surface area contributed by atoms with Gasteiger partial charge in [0.05, 0.1) is 12.2 Å². The maximum absolute atomic E-state index is 10.5. The van der Waals surface area contributed by atoms with Crippen LogP contribution in [0.15, 0.2) is 16.6 Å². The third kappa shape index (κ3) is 3.94. The largest absolute Gasteiger partial charge is 0.493 e. The average molecular weight is 328 g/mol. The fourth-order valence-electron chi connectivity index (χ4n) is 2.51. The van der Waals surface area contributed by atoms with E-state index >= 15 is 0 Å². The molecule has 0 fully saturated rings. The molecule has 2 rings (SSSR count). The monoisotopic (exact) mass is 327 g/mol. The molecular formula is C15H22BrNO2. The summed E-state index contributed by atoms with van der Waals surface area (Å²) in [5.74, 6) is 0.979. The summed E-state index contributed by atoms with van der Waals surface area (Å²) in [6, 6.07) is 4.17. The SMILES string of the molecule is CCNCCC(C)(O)Cc1cc(Br)cc2c1OCC2. The molecular weight excluding hydrogens is 306 g/mol. The van der Waals surface area contributed by atoms with E-state index in [9.17, 15) is 5.11 Å². The number of fused-ring (bicyclic) bond motifs is 1. The van der Waals surface area contributed by atoms with Crippen LogP contribution in [0.5, 0.6) is 5.75 Å². The Hall–Kier alpha value is -0.580. The van der Waals surface area contributed by atoms with Gasteiger partial charge in [0.2, 0.25) is 0 Å². The fourth-order valence-corrected chi connectivity index (χ4v) is 3.06. The van der Waals surface area contributed by atoms with Crippen LogP contribution in [0.3, 0.4) is 0 Å². The molecule has 0 saturated heterocycles. The highest BCUT2D eigenvalue weighted by molar-refractivity contribution is 9.10. The van der Waals surface area contributed by atoms with Crippen LogP contribution in [0.4, 0.5) is 0 Å². The molecule has 19 heavy (non-hydrogen) atoms. The van der Waals surface area contributed by atoms with Crippen LogP contribution in [0.1, 0.15) is 31.4 Å². The lowest BCUT2D eigenvalue weighted by Crippen LogP contribution is -2.32. The third-order valence-corrected chi connectivity index (χ3v) is 3.94. The molecule has 0 saturated carbocycles. The van der Waals surface area contributed by atoms with Gasteiger partial charge in [-0.05, 0) is 49.7 Å². The van der Waals surface area contributed by atoms with Crippen molar-refractivity contribution in [1.29, 1.82) is 0 Å². The number of aliphatic hydroxyl groups is 1. The molecule has 3 nitrogen and oxygen atoms in total. The quantitative estimate of drug-likeness (QED) is 0.789. The number of benzene rings is 1. The summed E-state index contributed by atoms with van der Waals surface area (Å²) in [5, 5.41) is 13.8. The maximum Gasteiger partial charge on any atom is 0.125 e. The van der Waals surface area contributed by atoms with Crippen LogP contribution in [0, 0.1) is 0 Å². The first-order valence-electron chi connectivity index (χ1n) is 6.89. The van der Waals surface area contributed by atoms with Gasteiger partial charge in [0.1, 0.15) is 5.75 Å².